The molecule has 1 amide bonds. The van der Waals surface area contributed by atoms with Gasteiger partial charge in [0.2, 0.25) is 10.0 Å². The molecule has 1 atom stereocenters. The Morgan fingerprint density at radius 3 is 2.50 bits per heavy atom. The second-order valence-electron chi connectivity index (χ2n) is 5.22. The van der Waals surface area contributed by atoms with Gasteiger partial charge in [0.1, 0.15) is 5.60 Å². The molecule has 1 aromatic heterocycles. The van der Waals surface area contributed by atoms with Gasteiger partial charge >= 0.3 is 6.09 Å². The Kier molecular flexibility index (Phi) is 5.60. The summed E-state index contributed by atoms with van der Waals surface area (Å²) < 4.78 is 31.5. The second kappa shape index (κ2) is 7.31. The fourth-order valence-electron chi connectivity index (χ4n) is 1.88. The fourth-order valence-corrected chi connectivity index (χ4v) is 3.80. The van der Waals surface area contributed by atoms with Gasteiger partial charge in [-0.1, -0.05) is 6.07 Å². The SMILES string of the molecule is COC(=O)Nc1ccc(S(=O)(=O)NC[C@@](C)(O)c2cccs2)cc1. The molecule has 3 N–H and O–H groups in total. The Balaban J connectivity index is 2.06. The normalized spacial score (nSPS) is 14.0. The average Bonchev–Trinajstić information content (AvgIpc) is 3.09. The third-order valence-corrected chi connectivity index (χ3v) is 5.79. The minimum atomic E-state index is -3.78. The van der Waals surface area contributed by atoms with Gasteiger partial charge in [0.25, 0.3) is 0 Å². The zero-order valence-corrected chi connectivity index (χ0v) is 14.8. The molecule has 24 heavy (non-hydrogen) atoms. The number of hydrogen-bond acceptors (Lipinski definition) is 6. The van der Waals surface area contributed by atoms with Crippen LogP contribution in [0.1, 0.15) is 11.8 Å². The first kappa shape index (κ1) is 18.4. The average molecular weight is 370 g/mol. The molecule has 2 aromatic rings. The quantitative estimate of drug-likeness (QED) is 0.722. The van der Waals surface area contributed by atoms with E-state index in [1.807, 2.05) is 5.38 Å². The highest BCUT2D eigenvalue weighted by atomic mass is 32.2. The van der Waals surface area contributed by atoms with Crippen molar-refractivity contribution >= 4 is 33.1 Å². The van der Waals surface area contributed by atoms with Crippen LogP contribution in [-0.2, 0) is 20.4 Å². The van der Waals surface area contributed by atoms with Crippen LogP contribution >= 0.6 is 11.3 Å². The summed E-state index contributed by atoms with van der Waals surface area (Å²) in [6.07, 6.45) is -0.643. The number of benzene rings is 1. The highest BCUT2D eigenvalue weighted by Gasteiger charge is 2.27. The van der Waals surface area contributed by atoms with Gasteiger partial charge in [-0.25, -0.2) is 17.9 Å². The number of sulfonamides is 1. The Labute approximate surface area is 144 Å². The molecular weight excluding hydrogens is 352 g/mol. The lowest BCUT2D eigenvalue weighted by Gasteiger charge is -2.22. The highest BCUT2D eigenvalue weighted by Crippen LogP contribution is 2.25. The van der Waals surface area contributed by atoms with Gasteiger partial charge < -0.3 is 9.84 Å². The summed E-state index contributed by atoms with van der Waals surface area (Å²) in [7, 11) is -2.55. The molecular formula is C15H18N2O5S2. The maximum absolute atomic E-state index is 12.3. The van der Waals surface area contributed by atoms with Crippen molar-refractivity contribution in [3.63, 3.8) is 0 Å². The Bertz CT molecular complexity index is 784. The van der Waals surface area contributed by atoms with E-state index in [4.69, 9.17) is 0 Å². The Morgan fingerprint density at radius 1 is 1.29 bits per heavy atom. The smallest absolute Gasteiger partial charge is 0.411 e. The number of ether oxygens (including phenoxy) is 1. The summed E-state index contributed by atoms with van der Waals surface area (Å²) in [5.74, 6) is 0. The monoisotopic (exact) mass is 370 g/mol. The van der Waals surface area contributed by atoms with Gasteiger partial charge in [0.05, 0.1) is 12.0 Å². The first-order chi connectivity index (χ1) is 11.2. The number of anilines is 1. The number of carbonyl (C=O) groups is 1. The van der Waals surface area contributed by atoms with E-state index in [1.54, 1.807) is 19.1 Å². The van der Waals surface area contributed by atoms with E-state index in [2.05, 4.69) is 14.8 Å². The molecule has 2 rings (SSSR count). The molecule has 1 heterocycles. The number of amides is 1. The molecule has 7 nitrogen and oxygen atoms in total. The van der Waals surface area contributed by atoms with Crippen LogP contribution in [0.3, 0.4) is 0 Å². The van der Waals surface area contributed by atoms with E-state index in [0.717, 1.165) is 0 Å². The Hall–Kier alpha value is -1.94. The number of methoxy groups -OCH3 is 1. The molecule has 0 spiro atoms. The lowest BCUT2D eigenvalue weighted by Crippen LogP contribution is -2.38. The summed E-state index contributed by atoms with van der Waals surface area (Å²) >= 11 is 1.35. The topological polar surface area (TPSA) is 105 Å². The van der Waals surface area contributed by atoms with Crippen molar-refractivity contribution in [3.05, 3.63) is 46.7 Å². The number of aliphatic hydroxyl groups is 1. The Morgan fingerprint density at radius 2 is 1.96 bits per heavy atom. The third-order valence-electron chi connectivity index (χ3n) is 3.25. The van der Waals surface area contributed by atoms with E-state index < -0.39 is 21.7 Å². The molecule has 0 saturated carbocycles. The van der Waals surface area contributed by atoms with Gasteiger partial charge in [0.15, 0.2) is 0 Å². The molecule has 0 radical (unpaired) electrons. The molecule has 0 fully saturated rings. The number of carbonyl (C=O) groups excluding carboxylic acids is 1. The van der Waals surface area contributed by atoms with Gasteiger partial charge in [-0.05, 0) is 42.6 Å². The molecule has 9 heteroatoms. The van der Waals surface area contributed by atoms with Crippen LogP contribution in [-0.4, -0.2) is 33.3 Å². The van der Waals surface area contributed by atoms with E-state index in [9.17, 15) is 18.3 Å². The lowest BCUT2D eigenvalue weighted by atomic mass is 10.1. The number of hydrogen-bond donors (Lipinski definition) is 3. The van der Waals surface area contributed by atoms with Crippen molar-refractivity contribution in [2.45, 2.75) is 17.4 Å². The largest absolute Gasteiger partial charge is 0.453 e. The maximum atomic E-state index is 12.3. The fraction of sp³-hybridized carbons (Fsp3) is 0.267. The van der Waals surface area contributed by atoms with E-state index >= 15 is 0 Å². The van der Waals surface area contributed by atoms with Crippen LogP contribution in [0.15, 0.2) is 46.7 Å². The van der Waals surface area contributed by atoms with Crippen LogP contribution in [0, 0.1) is 0 Å². The van der Waals surface area contributed by atoms with Crippen LogP contribution < -0.4 is 10.0 Å². The van der Waals surface area contributed by atoms with Gasteiger partial charge in [-0.15, -0.1) is 11.3 Å². The molecule has 1 aromatic carbocycles. The predicted octanol–water partition coefficient (Wildman–Crippen LogP) is 2.11. The van der Waals surface area contributed by atoms with Crippen LogP contribution in [0.4, 0.5) is 10.5 Å². The summed E-state index contributed by atoms with van der Waals surface area (Å²) in [5.41, 5.74) is -0.889. The minimum absolute atomic E-state index is 0.0277. The highest BCUT2D eigenvalue weighted by molar-refractivity contribution is 7.89. The van der Waals surface area contributed by atoms with Crippen molar-refractivity contribution in [2.24, 2.45) is 0 Å². The maximum Gasteiger partial charge on any atom is 0.411 e. The third kappa shape index (κ3) is 4.54. The summed E-state index contributed by atoms with van der Waals surface area (Å²) in [4.78, 5) is 11.8. The van der Waals surface area contributed by atoms with Crippen LogP contribution in [0.5, 0.6) is 0 Å². The van der Waals surface area contributed by atoms with Crippen LogP contribution in [0.25, 0.3) is 0 Å². The molecule has 0 aliphatic heterocycles. The number of nitrogens with one attached hydrogen (secondary N) is 2. The van der Waals surface area contributed by atoms with Gasteiger partial charge in [0, 0.05) is 17.1 Å². The van der Waals surface area contributed by atoms with Crippen LogP contribution in [0.2, 0.25) is 0 Å². The van der Waals surface area contributed by atoms with Crippen molar-refractivity contribution in [2.75, 3.05) is 19.0 Å². The number of thiophene rings is 1. The number of rotatable bonds is 6. The van der Waals surface area contributed by atoms with Gasteiger partial charge in [-0.3, -0.25) is 5.32 Å². The zero-order chi connectivity index (χ0) is 17.8. The second-order valence-corrected chi connectivity index (χ2v) is 7.93. The van der Waals surface area contributed by atoms with Crippen molar-refractivity contribution < 1.29 is 23.1 Å². The molecule has 0 aliphatic carbocycles. The van der Waals surface area contributed by atoms with E-state index in [0.29, 0.717) is 10.6 Å². The van der Waals surface area contributed by atoms with Crippen molar-refractivity contribution in [3.8, 4) is 0 Å². The van der Waals surface area contributed by atoms with E-state index in [1.165, 1.54) is 42.7 Å². The summed E-state index contributed by atoms with van der Waals surface area (Å²) in [6.45, 7) is 1.39. The van der Waals surface area contributed by atoms with Gasteiger partial charge in [-0.2, -0.15) is 0 Å². The molecule has 0 unspecified atom stereocenters. The predicted molar refractivity (Wildman–Crippen MR) is 91.5 cm³/mol. The minimum Gasteiger partial charge on any atom is -0.453 e. The molecule has 130 valence electrons. The van der Waals surface area contributed by atoms with Crippen molar-refractivity contribution in [1.82, 2.24) is 4.72 Å². The zero-order valence-electron chi connectivity index (χ0n) is 13.1. The molecule has 0 bridgehead atoms. The molecule has 0 saturated heterocycles. The summed E-state index contributed by atoms with van der Waals surface area (Å²) in [6, 6.07) is 9.13. The lowest BCUT2D eigenvalue weighted by molar-refractivity contribution is 0.0666. The standard InChI is InChI=1S/C15H18N2O5S2/c1-15(19,13-4-3-9-23-13)10-16-24(20,21)12-7-5-11(6-8-12)17-14(18)22-2/h3-9,16,19H,10H2,1-2H3,(H,17,18)/t15-/m1/s1. The molecule has 0 aliphatic rings. The first-order valence-corrected chi connectivity index (χ1v) is 9.32. The van der Waals surface area contributed by atoms with Crippen molar-refractivity contribution in [1.29, 1.82) is 0 Å². The summed E-state index contributed by atoms with van der Waals surface area (Å²) in [5, 5.41) is 14.6. The first-order valence-electron chi connectivity index (χ1n) is 6.96. The van der Waals surface area contributed by atoms with E-state index in [-0.39, 0.29) is 11.4 Å².